The number of nitrogens with one attached hydrogen (secondary N) is 1. The molecule has 0 saturated carbocycles. The fourth-order valence-electron chi connectivity index (χ4n) is 2.41. The van der Waals surface area contributed by atoms with Gasteiger partial charge in [0.25, 0.3) is 5.91 Å². The lowest BCUT2D eigenvalue weighted by atomic mass is 10.1. The fraction of sp³-hybridized carbons (Fsp3) is 0.350. The van der Waals surface area contributed by atoms with Crippen LogP contribution < -0.4 is 14.8 Å². The molecule has 2 atom stereocenters. The maximum atomic E-state index is 12.5. The highest BCUT2D eigenvalue weighted by Gasteiger charge is 2.20. The summed E-state index contributed by atoms with van der Waals surface area (Å²) in [6.45, 7) is 5.95. The average Bonchev–Trinajstić information content (AvgIpc) is 2.60. The number of carbonyl (C=O) groups is 1. The minimum Gasteiger partial charge on any atom is -0.497 e. The van der Waals surface area contributed by atoms with Crippen molar-refractivity contribution in [3.8, 4) is 11.5 Å². The third-order valence-electron chi connectivity index (χ3n) is 3.92. The van der Waals surface area contributed by atoms with Gasteiger partial charge in [0.05, 0.1) is 13.2 Å². The minimum absolute atomic E-state index is 0.0685. The van der Waals surface area contributed by atoms with Gasteiger partial charge in [-0.15, -0.1) is 0 Å². The zero-order valence-corrected chi connectivity index (χ0v) is 14.7. The van der Waals surface area contributed by atoms with Gasteiger partial charge in [-0.1, -0.05) is 42.8 Å². The SMILES string of the molecule is CC[C@H](Oc1cccc(OC)c1)C(=O)N[C@@H](C)c1ccc(C)cc1. The van der Waals surface area contributed by atoms with E-state index in [-0.39, 0.29) is 11.9 Å². The first kappa shape index (κ1) is 17.9. The highest BCUT2D eigenvalue weighted by Crippen LogP contribution is 2.21. The Morgan fingerprint density at radius 2 is 1.79 bits per heavy atom. The first-order valence-electron chi connectivity index (χ1n) is 8.21. The standard InChI is InChI=1S/C20H25NO3/c1-5-19(24-18-8-6-7-17(13-18)23-4)20(22)21-15(3)16-11-9-14(2)10-12-16/h6-13,15,19H,5H2,1-4H3,(H,21,22)/t15-,19-/m0/s1. The third kappa shape index (κ3) is 4.75. The van der Waals surface area contributed by atoms with Crippen molar-refractivity contribution in [1.82, 2.24) is 5.32 Å². The number of amides is 1. The molecule has 128 valence electrons. The molecule has 0 aliphatic heterocycles. The van der Waals surface area contributed by atoms with Gasteiger partial charge in [-0.2, -0.15) is 0 Å². The molecule has 0 bridgehead atoms. The Bertz CT molecular complexity index is 667. The molecule has 0 aromatic heterocycles. The van der Waals surface area contributed by atoms with Crippen LogP contribution in [-0.4, -0.2) is 19.1 Å². The summed E-state index contributed by atoms with van der Waals surface area (Å²) in [6.07, 6.45) is 0.0499. The first-order chi connectivity index (χ1) is 11.5. The van der Waals surface area contributed by atoms with Crippen LogP contribution in [0.5, 0.6) is 11.5 Å². The molecule has 0 aliphatic carbocycles. The number of methoxy groups -OCH3 is 1. The van der Waals surface area contributed by atoms with E-state index < -0.39 is 6.10 Å². The van der Waals surface area contributed by atoms with Crippen molar-refractivity contribution in [2.45, 2.75) is 39.3 Å². The summed E-state index contributed by atoms with van der Waals surface area (Å²) in [6, 6.07) is 15.4. The second kappa shape index (κ2) is 8.39. The van der Waals surface area contributed by atoms with E-state index in [2.05, 4.69) is 5.32 Å². The molecule has 0 saturated heterocycles. The number of hydrogen-bond acceptors (Lipinski definition) is 3. The van der Waals surface area contributed by atoms with Gasteiger partial charge in [-0.3, -0.25) is 4.79 Å². The lowest BCUT2D eigenvalue weighted by Gasteiger charge is -2.21. The van der Waals surface area contributed by atoms with Gasteiger partial charge in [0.2, 0.25) is 0 Å². The summed E-state index contributed by atoms with van der Waals surface area (Å²) >= 11 is 0. The zero-order chi connectivity index (χ0) is 17.5. The lowest BCUT2D eigenvalue weighted by molar-refractivity contribution is -0.128. The van der Waals surface area contributed by atoms with Crippen molar-refractivity contribution in [3.05, 3.63) is 59.7 Å². The molecule has 1 amide bonds. The second-order valence-electron chi connectivity index (χ2n) is 5.83. The van der Waals surface area contributed by atoms with Crippen LogP contribution in [-0.2, 0) is 4.79 Å². The van der Waals surface area contributed by atoms with Gasteiger partial charge in [-0.25, -0.2) is 0 Å². The summed E-state index contributed by atoms with van der Waals surface area (Å²) in [5.74, 6) is 1.21. The van der Waals surface area contributed by atoms with Crippen LogP contribution in [0.15, 0.2) is 48.5 Å². The predicted molar refractivity (Wildman–Crippen MR) is 95.4 cm³/mol. The van der Waals surface area contributed by atoms with Crippen molar-refractivity contribution < 1.29 is 14.3 Å². The van der Waals surface area contributed by atoms with E-state index in [9.17, 15) is 4.79 Å². The fourth-order valence-corrected chi connectivity index (χ4v) is 2.41. The van der Waals surface area contributed by atoms with Crippen molar-refractivity contribution in [1.29, 1.82) is 0 Å². The molecule has 2 aromatic carbocycles. The van der Waals surface area contributed by atoms with Crippen LogP contribution in [0.4, 0.5) is 0 Å². The van der Waals surface area contributed by atoms with E-state index in [4.69, 9.17) is 9.47 Å². The predicted octanol–water partition coefficient (Wildman–Crippen LogP) is 4.04. The van der Waals surface area contributed by atoms with Crippen LogP contribution >= 0.6 is 0 Å². The van der Waals surface area contributed by atoms with Crippen LogP contribution in [0.1, 0.15) is 37.4 Å². The van der Waals surface area contributed by atoms with Gasteiger partial charge in [0.15, 0.2) is 6.10 Å². The van der Waals surface area contributed by atoms with E-state index in [0.717, 1.165) is 5.56 Å². The molecule has 0 spiro atoms. The monoisotopic (exact) mass is 327 g/mol. The van der Waals surface area contributed by atoms with Crippen molar-refractivity contribution in [2.75, 3.05) is 7.11 Å². The van der Waals surface area contributed by atoms with E-state index in [1.54, 1.807) is 13.2 Å². The molecule has 0 aliphatic rings. The summed E-state index contributed by atoms with van der Waals surface area (Å²) in [7, 11) is 1.60. The molecule has 4 nitrogen and oxygen atoms in total. The van der Waals surface area contributed by atoms with Crippen molar-refractivity contribution in [3.63, 3.8) is 0 Å². The Labute approximate surface area is 143 Å². The zero-order valence-electron chi connectivity index (χ0n) is 14.7. The molecule has 0 unspecified atom stereocenters. The summed E-state index contributed by atoms with van der Waals surface area (Å²) < 4.78 is 11.0. The van der Waals surface area contributed by atoms with Crippen LogP contribution in [0, 0.1) is 6.92 Å². The van der Waals surface area contributed by atoms with Gasteiger partial charge >= 0.3 is 0 Å². The van der Waals surface area contributed by atoms with E-state index in [1.165, 1.54) is 5.56 Å². The van der Waals surface area contributed by atoms with Crippen LogP contribution in [0.2, 0.25) is 0 Å². The number of benzene rings is 2. The number of aryl methyl sites for hydroxylation is 1. The Kier molecular flexibility index (Phi) is 6.24. The second-order valence-corrected chi connectivity index (χ2v) is 5.83. The smallest absolute Gasteiger partial charge is 0.261 e. The average molecular weight is 327 g/mol. The maximum Gasteiger partial charge on any atom is 0.261 e. The Morgan fingerprint density at radius 1 is 1.12 bits per heavy atom. The normalized spacial score (nSPS) is 13.0. The maximum absolute atomic E-state index is 12.5. The highest BCUT2D eigenvalue weighted by molar-refractivity contribution is 5.81. The number of rotatable bonds is 7. The summed E-state index contributed by atoms with van der Waals surface area (Å²) in [5, 5.41) is 3.02. The van der Waals surface area contributed by atoms with Crippen LogP contribution in [0.3, 0.4) is 0 Å². The van der Waals surface area contributed by atoms with Crippen molar-refractivity contribution >= 4 is 5.91 Å². The molecule has 0 heterocycles. The van der Waals surface area contributed by atoms with E-state index in [0.29, 0.717) is 17.9 Å². The molecule has 2 aromatic rings. The molecule has 2 rings (SSSR count). The molecular formula is C20H25NO3. The van der Waals surface area contributed by atoms with Gasteiger partial charge in [0.1, 0.15) is 11.5 Å². The van der Waals surface area contributed by atoms with E-state index >= 15 is 0 Å². The summed E-state index contributed by atoms with van der Waals surface area (Å²) in [4.78, 5) is 12.5. The summed E-state index contributed by atoms with van der Waals surface area (Å²) in [5.41, 5.74) is 2.27. The lowest BCUT2D eigenvalue weighted by Crippen LogP contribution is -2.39. The van der Waals surface area contributed by atoms with Crippen molar-refractivity contribution in [2.24, 2.45) is 0 Å². The molecule has 0 fully saturated rings. The minimum atomic E-state index is -0.537. The molecule has 4 heteroatoms. The van der Waals surface area contributed by atoms with Crippen LogP contribution in [0.25, 0.3) is 0 Å². The topological polar surface area (TPSA) is 47.6 Å². The van der Waals surface area contributed by atoms with E-state index in [1.807, 2.05) is 63.2 Å². The Hall–Kier alpha value is -2.49. The number of carbonyl (C=O) groups excluding carboxylic acids is 1. The molecular weight excluding hydrogens is 302 g/mol. The Balaban J connectivity index is 2.01. The highest BCUT2D eigenvalue weighted by atomic mass is 16.5. The molecule has 1 N–H and O–H groups in total. The third-order valence-corrected chi connectivity index (χ3v) is 3.92. The quantitative estimate of drug-likeness (QED) is 0.835. The van der Waals surface area contributed by atoms with Gasteiger partial charge in [0, 0.05) is 6.07 Å². The molecule has 24 heavy (non-hydrogen) atoms. The van der Waals surface area contributed by atoms with Gasteiger partial charge < -0.3 is 14.8 Å². The number of hydrogen-bond donors (Lipinski definition) is 1. The Morgan fingerprint density at radius 3 is 2.42 bits per heavy atom. The number of ether oxygens (including phenoxy) is 2. The molecule has 0 radical (unpaired) electrons. The first-order valence-corrected chi connectivity index (χ1v) is 8.21. The largest absolute Gasteiger partial charge is 0.497 e. The van der Waals surface area contributed by atoms with Gasteiger partial charge in [-0.05, 0) is 38.0 Å².